The van der Waals surface area contributed by atoms with Crippen LogP contribution in [0.1, 0.15) is 92.1 Å². The Morgan fingerprint density at radius 2 is 1.84 bits per heavy atom. The maximum absolute atomic E-state index is 12.9. The molecule has 2 unspecified atom stereocenters. The Balaban J connectivity index is 1.20. The van der Waals surface area contributed by atoms with Crippen LogP contribution in [-0.2, 0) is 39.8 Å². The van der Waals surface area contributed by atoms with Gasteiger partial charge >= 0.3 is 12.1 Å². The number of rotatable bonds is 15. The van der Waals surface area contributed by atoms with Crippen molar-refractivity contribution in [1.29, 1.82) is 0 Å². The number of allylic oxidation sites excluding steroid dienone is 1. The van der Waals surface area contributed by atoms with Crippen molar-refractivity contribution < 1.29 is 38.1 Å². The van der Waals surface area contributed by atoms with Gasteiger partial charge in [0, 0.05) is 43.5 Å². The SMILES string of the molecule is CCC(COC(=O)CCCC(=O)Nc1ccc(CNC(=O)O[C@@H]2CC[C@]3(CO3)[C@@](C)(C3(C)O[C@@H]3CC=C(C)C)[C@@H]2C)cc1)OC. The van der Waals surface area contributed by atoms with E-state index >= 15 is 0 Å². The number of nitrogens with one attached hydrogen (secondary N) is 2. The molecule has 1 saturated carbocycles. The number of amides is 2. The summed E-state index contributed by atoms with van der Waals surface area (Å²) in [6, 6.07) is 7.27. The van der Waals surface area contributed by atoms with Crippen molar-refractivity contribution in [3.05, 3.63) is 41.5 Å². The van der Waals surface area contributed by atoms with Crippen molar-refractivity contribution in [1.82, 2.24) is 5.32 Å². The zero-order valence-electron chi connectivity index (χ0n) is 28.0. The molecule has 0 radical (unpaired) electrons. The van der Waals surface area contributed by atoms with Crippen LogP contribution in [0.4, 0.5) is 10.5 Å². The standard InChI is InChI=1S/C35H52N2O8/c1-8-27(41-7)21-42-31(39)11-9-10-30(38)37-26-15-13-25(14-16-26)20-36-32(40)44-28-18-19-35(22-43-35)33(5,24(28)4)34(6)29(45-34)17-12-23(2)3/h12-16,24,27-29H,8-11,17-22H2,1-7H3,(H,36,40)(H,37,38)/t24-,27?,28-,29-,33-,34?,35+/m1/s1. The predicted molar refractivity (Wildman–Crippen MR) is 171 cm³/mol. The summed E-state index contributed by atoms with van der Waals surface area (Å²) in [4.78, 5) is 37.1. The highest BCUT2D eigenvalue weighted by Gasteiger charge is 2.78. The van der Waals surface area contributed by atoms with E-state index in [1.54, 1.807) is 19.2 Å². The van der Waals surface area contributed by atoms with Crippen LogP contribution in [0.3, 0.4) is 0 Å². The van der Waals surface area contributed by atoms with E-state index in [0.29, 0.717) is 18.7 Å². The number of anilines is 1. The Morgan fingerprint density at radius 3 is 2.47 bits per heavy atom. The van der Waals surface area contributed by atoms with Crippen LogP contribution in [-0.4, -0.2) is 67.8 Å². The Labute approximate surface area is 267 Å². The smallest absolute Gasteiger partial charge is 0.407 e. The number of hydrogen-bond acceptors (Lipinski definition) is 8. The molecule has 3 fully saturated rings. The van der Waals surface area contributed by atoms with Crippen LogP contribution in [0.5, 0.6) is 0 Å². The minimum atomic E-state index is -0.451. The van der Waals surface area contributed by atoms with Gasteiger partial charge in [-0.05, 0) is 70.6 Å². The van der Waals surface area contributed by atoms with Gasteiger partial charge in [0.15, 0.2) is 0 Å². The molecule has 7 atom stereocenters. The molecule has 2 aliphatic heterocycles. The summed E-state index contributed by atoms with van der Waals surface area (Å²) in [6.45, 7) is 14.0. The third kappa shape index (κ3) is 8.07. The number of epoxide rings is 2. The summed E-state index contributed by atoms with van der Waals surface area (Å²) in [5.74, 6) is -0.462. The summed E-state index contributed by atoms with van der Waals surface area (Å²) in [6.07, 6.45) is 5.55. The van der Waals surface area contributed by atoms with Crippen LogP contribution in [0.25, 0.3) is 0 Å². The molecule has 2 N–H and O–H groups in total. The lowest BCUT2D eigenvalue weighted by molar-refractivity contribution is -0.147. The van der Waals surface area contributed by atoms with Crippen molar-refractivity contribution in [2.24, 2.45) is 11.3 Å². The van der Waals surface area contributed by atoms with Gasteiger partial charge in [-0.3, -0.25) is 9.59 Å². The van der Waals surface area contributed by atoms with Crippen molar-refractivity contribution in [3.63, 3.8) is 0 Å². The van der Waals surface area contributed by atoms with Crippen LogP contribution in [0.15, 0.2) is 35.9 Å². The van der Waals surface area contributed by atoms with Gasteiger partial charge in [0.1, 0.15) is 23.9 Å². The third-order valence-corrected chi connectivity index (χ3v) is 10.4. The minimum absolute atomic E-state index is 0.0545. The van der Waals surface area contributed by atoms with Crippen LogP contribution in [0, 0.1) is 11.3 Å². The second-order valence-electron chi connectivity index (χ2n) is 13.4. The molecule has 2 saturated heterocycles. The van der Waals surface area contributed by atoms with Gasteiger partial charge < -0.3 is 34.3 Å². The molecule has 4 rings (SSSR count). The summed E-state index contributed by atoms with van der Waals surface area (Å²) in [5, 5.41) is 5.72. The second kappa shape index (κ2) is 14.6. The Hall–Kier alpha value is -2.95. The van der Waals surface area contributed by atoms with E-state index < -0.39 is 6.09 Å². The molecule has 1 aliphatic carbocycles. The number of esters is 1. The molecule has 250 valence electrons. The number of carbonyl (C=O) groups excluding carboxylic acids is 3. The van der Waals surface area contributed by atoms with Gasteiger partial charge in [0.25, 0.3) is 0 Å². The number of benzene rings is 1. The molecule has 10 heteroatoms. The first-order valence-corrected chi connectivity index (χ1v) is 16.3. The van der Waals surface area contributed by atoms with E-state index in [9.17, 15) is 14.4 Å². The topological polar surface area (TPSA) is 128 Å². The van der Waals surface area contributed by atoms with E-state index in [0.717, 1.165) is 37.9 Å². The highest BCUT2D eigenvalue weighted by Crippen LogP contribution is 2.68. The summed E-state index contributed by atoms with van der Waals surface area (Å²) >= 11 is 0. The average Bonchev–Trinajstić information content (AvgIpc) is 3.93. The Kier molecular flexibility index (Phi) is 11.4. The number of hydrogen-bond donors (Lipinski definition) is 2. The molecule has 2 heterocycles. The van der Waals surface area contributed by atoms with Crippen LogP contribution >= 0.6 is 0 Å². The predicted octanol–water partition coefficient (Wildman–Crippen LogP) is 6.08. The normalized spacial score (nSPS) is 30.6. The molecule has 0 aromatic heterocycles. The molecule has 45 heavy (non-hydrogen) atoms. The molecule has 2 amide bonds. The van der Waals surface area contributed by atoms with Gasteiger partial charge in [-0.15, -0.1) is 0 Å². The van der Waals surface area contributed by atoms with E-state index in [4.69, 9.17) is 23.7 Å². The maximum atomic E-state index is 12.9. The van der Waals surface area contributed by atoms with Crippen molar-refractivity contribution in [2.75, 3.05) is 25.6 Å². The first-order valence-electron chi connectivity index (χ1n) is 16.3. The van der Waals surface area contributed by atoms with Crippen LogP contribution in [0.2, 0.25) is 0 Å². The highest BCUT2D eigenvalue weighted by atomic mass is 16.6. The summed E-state index contributed by atoms with van der Waals surface area (Å²) in [7, 11) is 1.59. The lowest BCUT2D eigenvalue weighted by Crippen LogP contribution is -2.59. The maximum Gasteiger partial charge on any atom is 0.407 e. The Morgan fingerprint density at radius 1 is 1.13 bits per heavy atom. The van der Waals surface area contributed by atoms with Gasteiger partial charge in [-0.2, -0.15) is 0 Å². The first-order chi connectivity index (χ1) is 21.4. The lowest BCUT2D eigenvalue weighted by atomic mass is 9.54. The van der Waals surface area contributed by atoms with Gasteiger partial charge in [0.2, 0.25) is 5.91 Å². The molecule has 1 aromatic carbocycles. The fourth-order valence-electron chi connectivity index (χ4n) is 6.89. The monoisotopic (exact) mass is 628 g/mol. The first kappa shape index (κ1) is 34.9. The fraction of sp³-hybridized carbons (Fsp3) is 0.686. The number of carbonyl (C=O) groups is 3. The molecule has 1 aromatic rings. The highest BCUT2D eigenvalue weighted by molar-refractivity contribution is 5.90. The number of ether oxygens (including phenoxy) is 5. The van der Waals surface area contributed by atoms with E-state index in [1.807, 2.05) is 19.1 Å². The van der Waals surface area contributed by atoms with Gasteiger partial charge in [-0.25, -0.2) is 4.79 Å². The largest absolute Gasteiger partial charge is 0.463 e. The summed E-state index contributed by atoms with van der Waals surface area (Å²) < 4.78 is 28.9. The summed E-state index contributed by atoms with van der Waals surface area (Å²) in [5.41, 5.74) is 1.96. The van der Waals surface area contributed by atoms with E-state index in [1.165, 1.54) is 5.57 Å². The second-order valence-corrected chi connectivity index (χ2v) is 13.4. The molecule has 0 bridgehead atoms. The quantitative estimate of drug-likeness (QED) is 0.136. The average molecular weight is 629 g/mol. The third-order valence-electron chi connectivity index (χ3n) is 10.4. The van der Waals surface area contributed by atoms with E-state index in [-0.39, 0.29) is 72.2 Å². The lowest BCUT2D eigenvalue weighted by Gasteiger charge is -2.50. The zero-order chi connectivity index (χ0) is 32.8. The molecule has 3 aliphatic rings. The molecular formula is C35H52N2O8. The molecule has 10 nitrogen and oxygen atoms in total. The van der Waals surface area contributed by atoms with Crippen molar-refractivity contribution in [3.8, 4) is 0 Å². The van der Waals surface area contributed by atoms with Gasteiger partial charge in [0.05, 0.1) is 18.8 Å². The van der Waals surface area contributed by atoms with Crippen molar-refractivity contribution >= 4 is 23.7 Å². The zero-order valence-corrected chi connectivity index (χ0v) is 28.0. The minimum Gasteiger partial charge on any atom is -0.463 e. The molecular weight excluding hydrogens is 576 g/mol. The number of alkyl carbamates (subject to hydrolysis) is 1. The Bertz CT molecular complexity index is 1220. The van der Waals surface area contributed by atoms with Gasteiger partial charge in [-0.1, -0.05) is 44.6 Å². The van der Waals surface area contributed by atoms with Crippen molar-refractivity contribution in [2.45, 2.75) is 123 Å². The molecule has 1 spiro atoms. The van der Waals surface area contributed by atoms with E-state index in [2.05, 4.69) is 51.3 Å². The fourth-order valence-corrected chi connectivity index (χ4v) is 6.89. The van der Waals surface area contributed by atoms with Crippen LogP contribution < -0.4 is 10.6 Å². The number of methoxy groups -OCH3 is 1.